The normalized spacial score (nSPS) is 12.4. The van der Waals surface area contributed by atoms with E-state index in [1.165, 1.54) is 12.3 Å². The lowest BCUT2D eigenvalue weighted by atomic mass is 9.96. The molecule has 5 nitrogen and oxygen atoms in total. The van der Waals surface area contributed by atoms with Gasteiger partial charge in [0.05, 0.1) is 11.1 Å². The van der Waals surface area contributed by atoms with E-state index < -0.39 is 11.7 Å². The zero-order chi connectivity index (χ0) is 22.4. The fourth-order valence-electron chi connectivity index (χ4n) is 2.95. The van der Waals surface area contributed by atoms with Crippen LogP contribution in [0.4, 0.5) is 18.9 Å². The molecule has 0 bridgehead atoms. The highest BCUT2D eigenvalue weighted by atomic mass is 19.4. The Hall–Kier alpha value is -2.35. The molecule has 0 spiro atoms. The van der Waals surface area contributed by atoms with Gasteiger partial charge in [-0.2, -0.15) is 13.2 Å². The van der Waals surface area contributed by atoms with Gasteiger partial charge in [0.25, 0.3) is 0 Å². The van der Waals surface area contributed by atoms with Crippen LogP contribution in [-0.2, 0) is 11.0 Å². The zero-order valence-electron chi connectivity index (χ0n) is 18.1. The number of nitrogens with one attached hydrogen (secondary N) is 2. The zero-order valence-corrected chi connectivity index (χ0v) is 18.1. The van der Waals surface area contributed by atoms with E-state index in [2.05, 4.69) is 20.5 Å². The molecular weight excluding hydrogens is 393 g/mol. The molecule has 1 amide bonds. The summed E-state index contributed by atoms with van der Waals surface area (Å²) in [6, 6.07) is 5.41. The minimum absolute atomic E-state index is 0.0482. The first-order valence-corrected chi connectivity index (χ1v) is 10.1. The van der Waals surface area contributed by atoms with Crippen LogP contribution in [0.3, 0.4) is 0 Å². The number of nitrogens with zero attached hydrogens (tertiary/aromatic N) is 2. The molecule has 1 aromatic heterocycles. The Morgan fingerprint density at radius 1 is 1.07 bits per heavy atom. The maximum absolute atomic E-state index is 12.9. The topological polar surface area (TPSA) is 57.3 Å². The fraction of sp³-hybridized carbons (Fsp3) is 0.545. The molecule has 0 saturated carbocycles. The number of carbonyl (C=O) groups excluding carboxylic acids is 1. The number of aromatic nitrogens is 1. The molecule has 0 saturated heterocycles. The number of pyridine rings is 1. The average Bonchev–Trinajstić information content (AvgIpc) is 2.65. The lowest BCUT2D eigenvalue weighted by Crippen LogP contribution is -2.39. The molecule has 0 atom stereocenters. The van der Waals surface area contributed by atoms with Crippen LogP contribution >= 0.6 is 0 Å². The summed E-state index contributed by atoms with van der Waals surface area (Å²) >= 11 is 0. The Balaban J connectivity index is 1.74. The Morgan fingerprint density at radius 3 is 2.47 bits per heavy atom. The molecule has 2 aromatic rings. The van der Waals surface area contributed by atoms with Crippen LogP contribution in [0, 0.1) is 5.41 Å². The second-order valence-electron chi connectivity index (χ2n) is 8.53. The lowest BCUT2D eigenvalue weighted by Gasteiger charge is -2.20. The number of alkyl halides is 3. The molecule has 30 heavy (non-hydrogen) atoms. The van der Waals surface area contributed by atoms with E-state index in [9.17, 15) is 18.0 Å². The number of benzene rings is 1. The van der Waals surface area contributed by atoms with Crippen LogP contribution in [0.1, 0.15) is 39.2 Å². The Labute approximate surface area is 176 Å². The van der Waals surface area contributed by atoms with Gasteiger partial charge in [-0.15, -0.1) is 0 Å². The van der Waals surface area contributed by atoms with Gasteiger partial charge in [-0.1, -0.05) is 26.8 Å². The molecule has 0 radical (unpaired) electrons. The van der Waals surface area contributed by atoms with Crippen LogP contribution in [0.25, 0.3) is 10.9 Å². The summed E-state index contributed by atoms with van der Waals surface area (Å²) in [7, 11) is 2.02. The first-order chi connectivity index (χ1) is 14.0. The van der Waals surface area contributed by atoms with Gasteiger partial charge in [0, 0.05) is 42.3 Å². The smallest absolute Gasteiger partial charge is 0.384 e. The Morgan fingerprint density at radius 2 is 1.80 bits per heavy atom. The molecule has 0 fully saturated rings. The van der Waals surface area contributed by atoms with Gasteiger partial charge < -0.3 is 15.5 Å². The third-order valence-corrected chi connectivity index (χ3v) is 4.81. The van der Waals surface area contributed by atoms with Crippen LogP contribution in [0.2, 0.25) is 0 Å². The van der Waals surface area contributed by atoms with Crippen LogP contribution in [0.5, 0.6) is 0 Å². The van der Waals surface area contributed by atoms with Crippen LogP contribution < -0.4 is 10.6 Å². The number of unbranched alkanes of at least 4 members (excludes halogenated alkanes) is 1. The maximum atomic E-state index is 12.9. The van der Waals surface area contributed by atoms with Crippen molar-refractivity contribution in [2.45, 2.75) is 39.8 Å². The number of halogens is 3. The SMILES string of the molecule is CN(CCCCNc1ccnc2cc(C(F)(F)F)ccc12)CCNC(=O)C(C)(C)C. The summed E-state index contributed by atoms with van der Waals surface area (Å²) in [5.74, 6) is 0.0482. The van der Waals surface area contributed by atoms with Crippen molar-refractivity contribution in [2.24, 2.45) is 5.41 Å². The Kier molecular flexibility index (Phi) is 8.06. The van der Waals surface area contributed by atoms with Crippen molar-refractivity contribution in [3.05, 3.63) is 36.0 Å². The third-order valence-electron chi connectivity index (χ3n) is 4.81. The molecular formula is C22H31F3N4O. The molecule has 0 aliphatic rings. The second-order valence-corrected chi connectivity index (χ2v) is 8.53. The number of carbonyl (C=O) groups is 1. The minimum Gasteiger partial charge on any atom is -0.384 e. The molecule has 2 rings (SSSR count). The molecule has 166 valence electrons. The Bertz CT molecular complexity index is 846. The number of likely N-dealkylation sites (N-methyl/N-ethyl adjacent to an activating group) is 1. The van der Waals surface area contributed by atoms with Crippen molar-refractivity contribution in [2.75, 3.05) is 38.5 Å². The molecule has 8 heteroatoms. The van der Waals surface area contributed by atoms with E-state index >= 15 is 0 Å². The van der Waals surface area contributed by atoms with Gasteiger partial charge in [0.15, 0.2) is 0 Å². The summed E-state index contributed by atoms with van der Waals surface area (Å²) in [5.41, 5.74) is 0.0376. The minimum atomic E-state index is -4.37. The first kappa shape index (κ1) is 23.9. The highest BCUT2D eigenvalue weighted by molar-refractivity contribution is 5.91. The van der Waals surface area contributed by atoms with Crippen molar-refractivity contribution in [1.29, 1.82) is 0 Å². The number of amides is 1. The molecule has 1 aromatic carbocycles. The molecule has 0 unspecified atom stereocenters. The van der Waals surface area contributed by atoms with E-state index in [0.717, 1.165) is 43.8 Å². The van der Waals surface area contributed by atoms with Gasteiger partial charge >= 0.3 is 6.18 Å². The van der Waals surface area contributed by atoms with Gasteiger partial charge in [0.1, 0.15) is 0 Å². The molecule has 0 aliphatic heterocycles. The number of rotatable bonds is 9. The van der Waals surface area contributed by atoms with Crippen molar-refractivity contribution in [3.8, 4) is 0 Å². The number of anilines is 1. The summed E-state index contributed by atoms with van der Waals surface area (Å²) in [6.45, 7) is 8.69. The van der Waals surface area contributed by atoms with Crippen molar-refractivity contribution < 1.29 is 18.0 Å². The third kappa shape index (κ3) is 7.16. The summed E-state index contributed by atoms with van der Waals surface area (Å²) in [6.07, 6.45) is -0.966. The van der Waals surface area contributed by atoms with E-state index in [4.69, 9.17) is 0 Å². The number of hydrogen-bond acceptors (Lipinski definition) is 4. The predicted octanol–water partition coefficient (Wildman–Crippen LogP) is 4.54. The van der Waals surface area contributed by atoms with Crippen molar-refractivity contribution >= 4 is 22.5 Å². The number of hydrogen-bond donors (Lipinski definition) is 2. The van der Waals surface area contributed by atoms with Crippen LogP contribution in [0.15, 0.2) is 30.5 Å². The van der Waals surface area contributed by atoms with Crippen molar-refractivity contribution in [1.82, 2.24) is 15.2 Å². The highest BCUT2D eigenvalue weighted by Crippen LogP contribution is 2.32. The summed E-state index contributed by atoms with van der Waals surface area (Å²) < 4.78 is 38.6. The summed E-state index contributed by atoms with van der Waals surface area (Å²) in [4.78, 5) is 18.1. The monoisotopic (exact) mass is 424 g/mol. The quantitative estimate of drug-likeness (QED) is 0.581. The van der Waals surface area contributed by atoms with Crippen LogP contribution in [-0.4, -0.2) is 49.0 Å². The summed E-state index contributed by atoms with van der Waals surface area (Å²) in [5, 5.41) is 6.91. The van der Waals surface area contributed by atoms with Crippen molar-refractivity contribution in [3.63, 3.8) is 0 Å². The van der Waals surface area contributed by atoms with E-state index in [1.54, 1.807) is 6.07 Å². The number of fused-ring (bicyclic) bond motifs is 1. The van der Waals surface area contributed by atoms with E-state index in [-0.39, 0.29) is 11.3 Å². The first-order valence-electron chi connectivity index (χ1n) is 10.1. The largest absolute Gasteiger partial charge is 0.416 e. The van der Waals surface area contributed by atoms with Gasteiger partial charge in [-0.25, -0.2) is 0 Å². The van der Waals surface area contributed by atoms with E-state index in [1.807, 2.05) is 27.8 Å². The molecule has 0 aliphatic carbocycles. The maximum Gasteiger partial charge on any atom is 0.416 e. The van der Waals surface area contributed by atoms with Gasteiger partial charge in [-0.3, -0.25) is 9.78 Å². The average molecular weight is 425 g/mol. The van der Waals surface area contributed by atoms with Gasteiger partial charge in [0.2, 0.25) is 5.91 Å². The standard InChI is InChI=1S/C22H31F3N4O/c1-21(2,3)20(30)28-12-14-29(4)13-6-5-10-26-18-9-11-27-19-15-16(22(23,24)25)7-8-17(18)19/h7-9,11,15H,5-6,10,12-14H2,1-4H3,(H,26,27)(H,28,30). The predicted molar refractivity (Wildman–Crippen MR) is 114 cm³/mol. The second kappa shape index (κ2) is 10.1. The van der Waals surface area contributed by atoms with Gasteiger partial charge in [-0.05, 0) is 44.6 Å². The van der Waals surface area contributed by atoms with E-state index in [0.29, 0.717) is 24.0 Å². The highest BCUT2D eigenvalue weighted by Gasteiger charge is 2.30. The molecule has 2 N–H and O–H groups in total. The molecule has 1 heterocycles. The lowest BCUT2D eigenvalue weighted by molar-refractivity contribution is -0.137. The fourth-order valence-corrected chi connectivity index (χ4v) is 2.95.